The highest BCUT2D eigenvalue weighted by atomic mass is 79.9. The van der Waals surface area contributed by atoms with E-state index in [1.54, 1.807) is 19.1 Å². The summed E-state index contributed by atoms with van der Waals surface area (Å²) in [5, 5.41) is 13.5. The molecule has 0 saturated heterocycles. The number of nitro benzene ring substituents is 1. The van der Waals surface area contributed by atoms with Crippen LogP contribution in [0.15, 0.2) is 40.9 Å². The van der Waals surface area contributed by atoms with Crippen molar-refractivity contribution in [2.75, 3.05) is 5.32 Å². The largest absolute Gasteiger partial charge is 0.322 e. The third-order valence-electron chi connectivity index (χ3n) is 3.02. The topological polar surface area (TPSA) is 72.2 Å². The molecule has 0 atom stereocenters. The molecule has 1 amide bonds. The Morgan fingerprint density at radius 2 is 1.90 bits per heavy atom. The van der Waals surface area contributed by atoms with E-state index in [2.05, 4.69) is 21.2 Å². The average molecular weight is 349 g/mol. The first-order valence-corrected chi connectivity index (χ1v) is 7.00. The first-order chi connectivity index (χ1) is 9.88. The number of carbonyl (C=O) groups is 1. The summed E-state index contributed by atoms with van der Waals surface area (Å²) < 4.78 is 0.707. The third-order valence-corrected chi connectivity index (χ3v) is 3.68. The molecule has 108 valence electrons. The van der Waals surface area contributed by atoms with E-state index < -0.39 is 4.92 Å². The molecule has 0 aliphatic heterocycles. The van der Waals surface area contributed by atoms with Crippen molar-refractivity contribution in [1.29, 1.82) is 0 Å². The maximum Gasteiger partial charge on any atom is 0.272 e. The van der Waals surface area contributed by atoms with Crippen LogP contribution in [-0.2, 0) is 0 Å². The van der Waals surface area contributed by atoms with Crippen LogP contribution in [0.2, 0.25) is 0 Å². The summed E-state index contributed by atoms with van der Waals surface area (Å²) in [6.07, 6.45) is 0. The number of anilines is 1. The van der Waals surface area contributed by atoms with Gasteiger partial charge in [-0.2, -0.15) is 0 Å². The highest BCUT2D eigenvalue weighted by Gasteiger charge is 2.13. The summed E-state index contributed by atoms with van der Waals surface area (Å²) in [6.45, 7) is 3.57. The van der Waals surface area contributed by atoms with E-state index in [-0.39, 0.29) is 11.6 Å². The van der Waals surface area contributed by atoms with Crippen molar-refractivity contribution in [2.24, 2.45) is 0 Å². The van der Waals surface area contributed by atoms with Gasteiger partial charge in [-0.1, -0.05) is 6.07 Å². The second kappa shape index (κ2) is 6.05. The highest BCUT2D eigenvalue weighted by molar-refractivity contribution is 9.10. The normalized spacial score (nSPS) is 10.2. The average Bonchev–Trinajstić information content (AvgIpc) is 2.37. The molecular weight excluding hydrogens is 336 g/mol. The number of rotatable bonds is 3. The van der Waals surface area contributed by atoms with Crippen LogP contribution in [0.3, 0.4) is 0 Å². The van der Waals surface area contributed by atoms with Gasteiger partial charge in [-0.25, -0.2) is 0 Å². The summed E-state index contributed by atoms with van der Waals surface area (Å²) >= 11 is 3.36. The molecule has 0 heterocycles. The SMILES string of the molecule is Cc1ccc(C(=O)Nc2ccc([N+](=O)[O-])c(C)c2)c(Br)c1. The Hall–Kier alpha value is -2.21. The van der Waals surface area contributed by atoms with Crippen LogP contribution in [-0.4, -0.2) is 10.8 Å². The molecule has 5 nitrogen and oxygen atoms in total. The summed E-state index contributed by atoms with van der Waals surface area (Å²) in [4.78, 5) is 22.5. The van der Waals surface area contributed by atoms with E-state index in [1.165, 1.54) is 12.1 Å². The van der Waals surface area contributed by atoms with Gasteiger partial charge in [0.15, 0.2) is 0 Å². The van der Waals surface area contributed by atoms with Gasteiger partial charge in [0.2, 0.25) is 0 Å². The van der Waals surface area contributed by atoms with Gasteiger partial charge in [0.1, 0.15) is 0 Å². The highest BCUT2D eigenvalue weighted by Crippen LogP contribution is 2.23. The Balaban J connectivity index is 2.23. The zero-order valence-corrected chi connectivity index (χ0v) is 13.1. The zero-order valence-electron chi connectivity index (χ0n) is 11.5. The van der Waals surface area contributed by atoms with Gasteiger partial charge in [-0.3, -0.25) is 14.9 Å². The molecular formula is C15H13BrN2O3. The van der Waals surface area contributed by atoms with E-state index in [9.17, 15) is 14.9 Å². The predicted molar refractivity (Wildman–Crippen MR) is 84.7 cm³/mol. The Bertz CT molecular complexity index is 729. The van der Waals surface area contributed by atoms with Crippen molar-refractivity contribution in [1.82, 2.24) is 0 Å². The lowest BCUT2D eigenvalue weighted by Crippen LogP contribution is -2.12. The molecule has 0 aromatic heterocycles. The van der Waals surface area contributed by atoms with E-state index >= 15 is 0 Å². The lowest BCUT2D eigenvalue weighted by Gasteiger charge is -2.08. The first-order valence-electron chi connectivity index (χ1n) is 6.21. The Morgan fingerprint density at radius 1 is 1.19 bits per heavy atom. The number of nitrogens with zero attached hydrogens (tertiary/aromatic N) is 1. The maximum absolute atomic E-state index is 12.2. The molecule has 6 heteroatoms. The number of hydrogen-bond acceptors (Lipinski definition) is 3. The van der Waals surface area contributed by atoms with Crippen molar-refractivity contribution < 1.29 is 9.72 Å². The molecule has 21 heavy (non-hydrogen) atoms. The van der Waals surface area contributed by atoms with Crippen molar-refractivity contribution in [3.63, 3.8) is 0 Å². The van der Waals surface area contributed by atoms with Crippen LogP contribution < -0.4 is 5.32 Å². The predicted octanol–water partition coefficient (Wildman–Crippen LogP) is 4.23. The number of nitrogens with one attached hydrogen (secondary N) is 1. The van der Waals surface area contributed by atoms with Gasteiger partial charge in [0.25, 0.3) is 11.6 Å². The summed E-state index contributed by atoms with van der Waals surface area (Å²) in [5.41, 5.74) is 2.61. The monoisotopic (exact) mass is 348 g/mol. The summed E-state index contributed by atoms with van der Waals surface area (Å²) in [5.74, 6) is -0.268. The Morgan fingerprint density at radius 3 is 2.48 bits per heavy atom. The molecule has 0 unspecified atom stereocenters. The molecule has 0 aliphatic rings. The maximum atomic E-state index is 12.2. The van der Waals surface area contributed by atoms with Crippen LogP contribution in [0.5, 0.6) is 0 Å². The van der Waals surface area contributed by atoms with Gasteiger partial charge >= 0.3 is 0 Å². The van der Waals surface area contributed by atoms with Crippen LogP contribution in [0.25, 0.3) is 0 Å². The van der Waals surface area contributed by atoms with Gasteiger partial charge in [-0.05, 0) is 59.6 Å². The van der Waals surface area contributed by atoms with E-state index in [0.29, 0.717) is 21.3 Å². The number of aryl methyl sites for hydroxylation is 2. The van der Waals surface area contributed by atoms with Crippen LogP contribution >= 0.6 is 15.9 Å². The number of halogens is 1. The fourth-order valence-electron chi connectivity index (χ4n) is 1.94. The van der Waals surface area contributed by atoms with Crippen molar-refractivity contribution >= 4 is 33.2 Å². The van der Waals surface area contributed by atoms with E-state index in [1.807, 2.05) is 19.1 Å². The second-order valence-electron chi connectivity index (χ2n) is 4.70. The minimum Gasteiger partial charge on any atom is -0.322 e. The molecule has 2 aromatic carbocycles. The fourth-order valence-corrected chi connectivity index (χ4v) is 2.61. The van der Waals surface area contributed by atoms with Crippen LogP contribution in [0.1, 0.15) is 21.5 Å². The van der Waals surface area contributed by atoms with Gasteiger partial charge in [0.05, 0.1) is 10.5 Å². The molecule has 2 rings (SSSR count). The van der Waals surface area contributed by atoms with Gasteiger partial charge < -0.3 is 5.32 Å². The molecule has 0 spiro atoms. The molecule has 1 N–H and O–H groups in total. The molecule has 0 saturated carbocycles. The van der Waals surface area contributed by atoms with Gasteiger partial charge in [-0.15, -0.1) is 0 Å². The van der Waals surface area contributed by atoms with Gasteiger partial charge in [0, 0.05) is 21.8 Å². The third kappa shape index (κ3) is 3.46. The first kappa shape index (κ1) is 15.2. The molecule has 0 aliphatic carbocycles. The van der Waals surface area contributed by atoms with Crippen LogP contribution in [0.4, 0.5) is 11.4 Å². The smallest absolute Gasteiger partial charge is 0.272 e. The van der Waals surface area contributed by atoms with E-state index in [4.69, 9.17) is 0 Å². The summed E-state index contributed by atoms with van der Waals surface area (Å²) in [7, 11) is 0. The van der Waals surface area contributed by atoms with Crippen molar-refractivity contribution in [3.8, 4) is 0 Å². The number of nitro groups is 1. The van der Waals surface area contributed by atoms with Crippen LogP contribution in [0, 0.1) is 24.0 Å². The number of hydrogen-bond donors (Lipinski definition) is 1. The number of amides is 1. The Kier molecular flexibility index (Phi) is 4.37. The number of carbonyl (C=O) groups excluding carboxylic acids is 1. The van der Waals surface area contributed by atoms with Crippen molar-refractivity contribution in [2.45, 2.75) is 13.8 Å². The van der Waals surface area contributed by atoms with E-state index in [0.717, 1.165) is 5.56 Å². The minimum atomic E-state index is -0.447. The standard InChI is InChI=1S/C15H13BrN2O3/c1-9-3-5-12(13(16)7-9)15(19)17-11-4-6-14(18(20)21)10(2)8-11/h3-8H,1-2H3,(H,17,19). The number of benzene rings is 2. The zero-order chi connectivity index (χ0) is 15.6. The lowest BCUT2D eigenvalue weighted by molar-refractivity contribution is -0.385. The Labute approximate surface area is 130 Å². The second-order valence-corrected chi connectivity index (χ2v) is 5.55. The molecule has 0 fully saturated rings. The van der Waals surface area contributed by atoms with Crippen molar-refractivity contribution in [3.05, 3.63) is 67.7 Å². The quantitative estimate of drug-likeness (QED) is 0.666. The lowest BCUT2D eigenvalue weighted by atomic mass is 10.1. The minimum absolute atomic E-state index is 0.0320. The summed E-state index contributed by atoms with van der Waals surface area (Å²) in [6, 6.07) is 9.92. The molecule has 0 radical (unpaired) electrons. The molecule has 0 bridgehead atoms. The molecule has 2 aromatic rings. The fraction of sp³-hybridized carbons (Fsp3) is 0.133.